The zero-order chi connectivity index (χ0) is 14.7. The third-order valence-electron chi connectivity index (χ3n) is 2.89. The first-order chi connectivity index (χ1) is 9.47. The van der Waals surface area contributed by atoms with E-state index in [1.807, 2.05) is 18.2 Å². The standard InChI is InChI=1S/C16H18N2OS/c1-11-4-7-13(8-5-11)20-15-10-12(17)6-9-14(15)16(19)18(2)3/h4-10H,17H2,1-3H3. The lowest BCUT2D eigenvalue weighted by Gasteiger charge is -2.14. The van der Waals surface area contributed by atoms with Gasteiger partial charge in [-0.1, -0.05) is 29.5 Å². The van der Waals surface area contributed by atoms with Crippen molar-refractivity contribution in [3.8, 4) is 0 Å². The van der Waals surface area contributed by atoms with Crippen LogP contribution >= 0.6 is 11.8 Å². The normalized spacial score (nSPS) is 10.3. The van der Waals surface area contributed by atoms with Crippen molar-refractivity contribution in [1.29, 1.82) is 0 Å². The Bertz CT molecular complexity index is 621. The van der Waals surface area contributed by atoms with Gasteiger partial charge in [-0.25, -0.2) is 0 Å². The minimum Gasteiger partial charge on any atom is -0.399 e. The smallest absolute Gasteiger partial charge is 0.254 e. The number of carbonyl (C=O) groups excluding carboxylic acids is 1. The molecule has 0 spiro atoms. The molecular weight excluding hydrogens is 268 g/mol. The minimum absolute atomic E-state index is 0.0142. The molecule has 0 saturated carbocycles. The molecule has 0 radical (unpaired) electrons. The molecular formula is C16H18N2OS. The molecule has 1 amide bonds. The second kappa shape index (κ2) is 6.01. The number of amides is 1. The molecule has 0 atom stereocenters. The predicted molar refractivity (Wildman–Crippen MR) is 84.2 cm³/mol. The molecule has 104 valence electrons. The van der Waals surface area contributed by atoms with Crippen LogP contribution in [-0.4, -0.2) is 24.9 Å². The van der Waals surface area contributed by atoms with E-state index in [1.54, 1.807) is 42.9 Å². The summed E-state index contributed by atoms with van der Waals surface area (Å²) in [6, 6.07) is 13.6. The first-order valence-corrected chi connectivity index (χ1v) is 7.14. The number of carbonyl (C=O) groups is 1. The molecule has 0 aliphatic carbocycles. The summed E-state index contributed by atoms with van der Waals surface area (Å²) < 4.78 is 0. The minimum atomic E-state index is -0.0142. The van der Waals surface area contributed by atoms with Crippen molar-refractivity contribution >= 4 is 23.4 Å². The summed E-state index contributed by atoms with van der Waals surface area (Å²) in [5, 5.41) is 0. The fourth-order valence-electron chi connectivity index (χ4n) is 1.77. The van der Waals surface area contributed by atoms with Gasteiger partial charge in [0.2, 0.25) is 0 Å². The van der Waals surface area contributed by atoms with Crippen LogP contribution in [0.5, 0.6) is 0 Å². The fraction of sp³-hybridized carbons (Fsp3) is 0.188. The van der Waals surface area contributed by atoms with Crippen molar-refractivity contribution in [2.75, 3.05) is 19.8 Å². The first-order valence-electron chi connectivity index (χ1n) is 6.33. The molecule has 0 saturated heterocycles. The van der Waals surface area contributed by atoms with Crippen molar-refractivity contribution in [3.05, 3.63) is 53.6 Å². The second-order valence-electron chi connectivity index (χ2n) is 4.87. The van der Waals surface area contributed by atoms with Gasteiger partial charge in [-0.2, -0.15) is 0 Å². The number of nitrogens with two attached hydrogens (primary N) is 1. The van der Waals surface area contributed by atoms with E-state index >= 15 is 0 Å². The van der Waals surface area contributed by atoms with Crippen molar-refractivity contribution < 1.29 is 4.79 Å². The molecule has 0 unspecified atom stereocenters. The molecule has 0 aromatic heterocycles. The van der Waals surface area contributed by atoms with E-state index in [0.29, 0.717) is 11.3 Å². The summed E-state index contributed by atoms with van der Waals surface area (Å²) in [6.07, 6.45) is 0. The number of nitrogens with zero attached hydrogens (tertiary/aromatic N) is 1. The molecule has 4 heteroatoms. The maximum atomic E-state index is 12.2. The average Bonchev–Trinajstić information content (AvgIpc) is 2.41. The Morgan fingerprint density at radius 2 is 1.75 bits per heavy atom. The predicted octanol–water partition coefficient (Wildman–Crippen LogP) is 3.43. The van der Waals surface area contributed by atoms with Crippen molar-refractivity contribution in [2.24, 2.45) is 0 Å². The van der Waals surface area contributed by atoms with E-state index in [0.717, 1.165) is 9.79 Å². The maximum Gasteiger partial charge on any atom is 0.254 e. The lowest BCUT2D eigenvalue weighted by Crippen LogP contribution is -2.22. The molecule has 3 nitrogen and oxygen atoms in total. The zero-order valence-electron chi connectivity index (χ0n) is 11.9. The van der Waals surface area contributed by atoms with E-state index in [4.69, 9.17) is 5.73 Å². The number of hydrogen-bond donors (Lipinski definition) is 1. The summed E-state index contributed by atoms with van der Waals surface area (Å²) in [4.78, 5) is 15.7. The van der Waals surface area contributed by atoms with Crippen LogP contribution in [0.4, 0.5) is 5.69 Å². The van der Waals surface area contributed by atoms with Crippen LogP contribution in [0, 0.1) is 6.92 Å². The van der Waals surface area contributed by atoms with Crippen LogP contribution in [0.1, 0.15) is 15.9 Å². The Morgan fingerprint density at radius 1 is 1.10 bits per heavy atom. The lowest BCUT2D eigenvalue weighted by molar-refractivity contribution is 0.0824. The molecule has 2 aromatic rings. The van der Waals surface area contributed by atoms with Gasteiger partial charge in [-0.15, -0.1) is 0 Å². The van der Waals surface area contributed by atoms with Crippen molar-refractivity contribution in [3.63, 3.8) is 0 Å². The molecule has 0 aliphatic rings. The molecule has 0 heterocycles. The number of rotatable bonds is 3. The second-order valence-corrected chi connectivity index (χ2v) is 5.99. The van der Waals surface area contributed by atoms with Gasteiger partial charge in [-0.05, 0) is 37.3 Å². The van der Waals surface area contributed by atoms with Crippen molar-refractivity contribution in [1.82, 2.24) is 4.90 Å². The SMILES string of the molecule is Cc1ccc(Sc2cc(N)ccc2C(=O)N(C)C)cc1. The van der Waals surface area contributed by atoms with Crippen LogP contribution in [0.2, 0.25) is 0 Å². The molecule has 0 aliphatic heterocycles. The number of benzene rings is 2. The van der Waals surface area contributed by atoms with E-state index in [9.17, 15) is 4.79 Å². The molecule has 2 N–H and O–H groups in total. The molecule has 2 aromatic carbocycles. The van der Waals surface area contributed by atoms with Crippen LogP contribution in [0.25, 0.3) is 0 Å². The van der Waals surface area contributed by atoms with Gasteiger partial charge in [0.25, 0.3) is 5.91 Å². The first kappa shape index (κ1) is 14.5. The number of anilines is 1. The number of hydrogen-bond acceptors (Lipinski definition) is 3. The number of nitrogen functional groups attached to an aromatic ring is 1. The third kappa shape index (κ3) is 3.33. The Morgan fingerprint density at radius 3 is 2.35 bits per heavy atom. The third-order valence-corrected chi connectivity index (χ3v) is 3.96. The van der Waals surface area contributed by atoms with E-state index < -0.39 is 0 Å². The van der Waals surface area contributed by atoms with E-state index in [2.05, 4.69) is 19.1 Å². The lowest BCUT2D eigenvalue weighted by atomic mass is 10.2. The van der Waals surface area contributed by atoms with Crippen LogP contribution in [0.15, 0.2) is 52.3 Å². The highest BCUT2D eigenvalue weighted by molar-refractivity contribution is 7.99. The van der Waals surface area contributed by atoms with Crippen molar-refractivity contribution in [2.45, 2.75) is 16.7 Å². The highest BCUT2D eigenvalue weighted by Gasteiger charge is 2.14. The van der Waals surface area contributed by atoms with Crippen LogP contribution in [-0.2, 0) is 0 Å². The van der Waals surface area contributed by atoms with E-state index in [-0.39, 0.29) is 5.91 Å². The monoisotopic (exact) mass is 286 g/mol. The van der Waals surface area contributed by atoms with Gasteiger partial charge in [0.15, 0.2) is 0 Å². The Kier molecular flexibility index (Phi) is 4.35. The molecule has 0 fully saturated rings. The Labute approximate surface area is 123 Å². The van der Waals surface area contributed by atoms with Crippen LogP contribution in [0.3, 0.4) is 0 Å². The highest BCUT2D eigenvalue weighted by atomic mass is 32.2. The van der Waals surface area contributed by atoms with Gasteiger partial charge in [-0.3, -0.25) is 4.79 Å². The highest BCUT2D eigenvalue weighted by Crippen LogP contribution is 2.32. The quantitative estimate of drug-likeness (QED) is 0.879. The average molecular weight is 286 g/mol. The summed E-state index contributed by atoms with van der Waals surface area (Å²) in [7, 11) is 3.50. The topological polar surface area (TPSA) is 46.3 Å². The summed E-state index contributed by atoms with van der Waals surface area (Å²) in [6.45, 7) is 2.05. The van der Waals surface area contributed by atoms with Gasteiger partial charge in [0.1, 0.15) is 0 Å². The zero-order valence-corrected chi connectivity index (χ0v) is 12.7. The Hall–Kier alpha value is -1.94. The number of aryl methyl sites for hydroxylation is 1. The van der Waals surface area contributed by atoms with Gasteiger partial charge in [0.05, 0.1) is 5.56 Å². The van der Waals surface area contributed by atoms with Gasteiger partial charge < -0.3 is 10.6 Å². The summed E-state index contributed by atoms with van der Waals surface area (Å²) in [5.41, 5.74) is 8.40. The molecule has 2 rings (SSSR count). The summed E-state index contributed by atoms with van der Waals surface area (Å²) >= 11 is 1.56. The summed E-state index contributed by atoms with van der Waals surface area (Å²) in [5.74, 6) is -0.0142. The maximum absolute atomic E-state index is 12.2. The van der Waals surface area contributed by atoms with Gasteiger partial charge in [0, 0.05) is 29.6 Å². The van der Waals surface area contributed by atoms with Gasteiger partial charge >= 0.3 is 0 Å². The molecule has 0 bridgehead atoms. The molecule has 20 heavy (non-hydrogen) atoms. The van der Waals surface area contributed by atoms with E-state index in [1.165, 1.54) is 5.56 Å². The fourth-order valence-corrected chi connectivity index (χ4v) is 2.76. The largest absolute Gasteiger partial charge is 0.399 e. The van der Waals surface area contributed by atoms with Crippen LogP contribution < -0.4 is 5.73 Å². The Balaban J connectivity index is 2.37.